The molecule has 1 atom stereocenters. The zero-order chi connectivity index (χ0) is 18.4. The lowest BCUT2D eigenvalue weighted by Gasteiger charge is -2.20. The van der Waals surface area contributed by atoms with Gasteiger partial charge in [-0.3, -0.25) is 9.69 Å². The molecular formula is C21H24N2O3. The molecule has 0 radical (unpaired) electrons. The van der Waals surface area contributed by atoms with Gasteiger partial charge in [0.25, 0.3) is 0 Å². The number of aryl methyl sites for hydroxylation is 1. The van der Waals surface area contributed by atoms with Gasteiger partial charge in [0.15, 0.2) is 0 Å². The van der Waals surface area contributed by atoms with Crippen molar-refractivity contribution in [2.45, 2.75) is 32.2 Å². The van der Waals surface area contributed by atoms with E-state index in [4.69, 9.17) is 4.74 Å². The van der Waals surface area contributed by atoms with Crippen LogP contribution in [0.15, 0.2) is 53.7 Å². The van der Waals surface area contributed by atoms with Crippen LogP contribution in [0.25, 0.3) is 11.1 Å². The van der Waals surface area contributed by atoms with Gasteiger partial charge in [-0.15, -0.1) is 4.91 Å². The number of benzene rings is 2. The highest BCUT2D eigenvalue weighted by atomic mass is 16.5. The molecule has 2 aromatic carbocycles. The Kier molecular flexibility index (Phi) is 6.12. The van der Waals surface area contributed by atoms with Gasteiger partial charge in [-0.05, 0) is 56.0 Å². The molecule has 0 aromatic heterocycles. The lowest BCUT2D eigenvalue weighted by atomic mass is 10.0. The van der Waals surface area contributed by atoms with E-state index in [1.807, 2.05) is 17.0 Å². The van der Waals surface area contributed by atoms with Crippen molar-refractivity contribution in [3.8, 4) is 16.9 Å². The Labute approximate surface area is 153 Å². The molecule has 0 aliphatic carbocycles. The molecule has 0 spiro atoms. The molecule has 0 saturated carbocycles. The SMILES string of the molecule is Cc1cccc(-c2ccc(OCCCN3CCCC3C(=O)N=O)cc2)c1. The van der Waals surface area contributed by atoms with Crippen molar-refractivity contribution >= 4 is 5.91 Å². The van der Waals surface area contributed by atoms with Gasteiger partial charge >= 0.3 is 5.91 Å². The summed E-state index contributed by atoms with van der Waals surface area (Å²) in [7, 11) is 0. The van der Waals surface area contributed by atoms with E-state index in [1.54, 1.807) is 0 Å². The van der Waals surface area contributed by atoms with Crippen LogP contribution in [0.2, 0.25) is 0 Å². The molecule has 0 N–H and O–H groups in total. The first-order valence-electron chi connectivity index (χ1n) is 9.08. The Morgan fingerprint density at radius 3 is 2.73 bits per heavy atom. The number of hydrogen-bond acceptors (Lipinski definition) is 4. The van der Waals surface area contributed by atoms with Crippen LogP contribution in [0.1, 0.15) is 24.8 Å². The summed E-state index contributed by atoms with van der Waals surface area (Å²) >= 11 is 0. The van der Waals surface area contributed by atoms with Gasteiger partial charge < -0.3 is 4.74 Å². The number of likely N-dealkylation sites (tertiary alicyclic amines) is 1. The largest absolute Gasteiger partial charge is 0.494 e. The third-order valence-corrected chi connectivity index (χ3v) is 4.80. The molecule has 5 heteroatoms. The van der Waals surface area contributed by atoms with Gasteiger partial charge in [-0.2, -0.15) is 0 Å². The first-order chi connectivity index (χ1) is 12.7. The van der Waals surface area contributed by atoms with Crippen LogP contribution in [0.5, 0.6) is 5.75 Å². The van der Waals surface area contributed by atoms with Crippen LogP contribution in [-0.2, 0) is 4.79 Å². The second kappa shape index (κ2) is 8.72. The lowest BCUT2D eigenvalue weighted by molar-refractivity contribution is -0.122. The molecule has 1 saturated heterocycles. The average molecular weight is 352 g/mol. The molecule has 136 valence electrons. The Bertz CT molecular complexity index is 758. The van der Waals surface area contributed by atoms with Crippen molar-refractivity contribution in [3.63, 3.8) is 0 Å². The van der Waals surface area contributed by atoms with Crippen LogP contribution in [-0.4, -0.2) is 36.5 Å². The number of nitroso groups, excluding NO2 is 1. The molecule has 1 aliphatic rings. The number of hydrogen-bond donors (Lipinski definition) is 0. The minimum atomic E-state index is -0.546. The first kappa shape index (κ1) is 18.3. The Hall–Kier alpha value is -2.53. The van der Waals surface area contributed by atoms with Gasteiger partial charge in [0.05, 0.1) is 12.6 Å². The predicted octanol–water partition coefficient (Wildman–Crippen LogP) is 4.19. The standard InChI is InChI=1S/C21H24N2O3/c1-16-5-2-6-18(15-16)17-8-10-19(11-9-17)26-14-4-13-23-12-3-7-20(23)21(24)22-25/h2,5-6,8-11,15,20H,3-4,7,12-14H2,1H3. The monoisotopic (exact) mass is 352 g/mol. The normalized spacial score (nSPS) is 17.2. The minimum Gasteiger partial charge on any atom is -0.494 e. The summed E-state index contributed by atoms with van der Waals surface area (Å²) in [4.78, 5) is 24.0. The minimum absolute atomic E-state index is 0.332. The van der Waals surface area contributed by atoms with E-state index in [9.17, 15) is 9.70 Å². The van der Waals surface area contributed by atoms with E-state index in [1.165, 1.54) is 16.7 Å². The maximum atomic E-state index is 11.5. The van der Waals surface area contributed by atoms with E-state index in [0.29, 0.717) is 6.61 Å². The number of rotatable bonds is 7. The molecule has 1 unspecified atom stereocenters. The summed E-state index contributed by atoms with van der Waals surface area (Å²) in [5.41, 5.74) is 3.61. The highest BCUT2D eigenvalue weighted by molar-refractivity contribution is 5.82. The van der Waals surface area contributed by atoms with E-state index in [-0.39, 0.29) is 6.04 Å². The number of nitrogens with zero attached hydrogens (tertiary/aromatic N) is 2. The highest BCUT2D eigenvalue weighted by Gasteiger charge is 2.30. The van der Waals surface area contributed by atoms with Crippen LogP contribution in [0, 0.1) is 11.8 Å². The molecule has 1 amide bonds. The third-order valence-electron chi connectivity index (χ3n) is 4.80. The second-order valence-corrected chi connectivity index (χ2v) is 6.72. The maximum absolute atomic E-state index is 11.5. The van der Waals surface area contributed by atoms with E-state index in [0.717, 1.165) is 38.1 Å². The number of amides is 1. The molecule has 3 rings (SSSR count). The summed E-state index contributed by atoms with van der Waals surface area (Å²) < 4.78 is 5.81. The van der Waals surface area contributed by atoms with Gasteiger partial charge in [0.1, 0.15) is 5.75 Å². The Morgan fingerprint density at radius 2 is 2.00 bits per heavy atom. The highest BCUT2D eigenvalue weighted by Crippen LogP contribution is 2.23. The molecule has 1 fully saturated rings. The van der Waals surface area contributed by atoms with Crippen molar-refractivity contribution in [1.29, 1.82) is 0 Å². The quantitative estimate of drug-likeness (QED) is 0.554. The number of carbonyl (C=O) groups is 1. The van der Waals surface area contributed by atoms with Crippen molar-refractivity contribution in [2.75, 3.05) is 19.7 Å². The van der Waals surface area contributed by atoms with Gasteiger partial charge in [0.2, 0.25) is 0 Å². The Morgan fingerprint density at radius 1 is 1.19 bits per heavy atom. The van der Waals surface area contributed by atoms with E-state index >= 15 is 0 Å². The molecule has 2 aromatic rings. The maximum Gasteiger partial charge on any atom is 0.303 e. The zero-order valence-corrected chi connectivity index (χ0v) is 15.1. The van der Waals surface area contributed by atoms with Crippen molar-refractivity contribution < 1.29 is 9.53 Å². The fourth-order valence-corrected chi connectivity index (χ4v) is 3.46. The summed E-state index contributed by atoms with van der Waals surface area (Å²) in [6.07, 6.45) is 2.47. The van der Waals surface area contributed by atoms with Gasteiger partial charge in [0, 0.05) is 11.7 Å². The first-order valence-corrected chi connectivity index (χ1v) is 9.08. The lowest BCUT2D eigenvalue weighted by Crippen LogP contribution is -2.36. The van der Waals surface area contributed by atoms with Gasteiger partial charge in [-0.25, -0.2) is 0 Å². The fraction of sp³-hybridized carbons (Fsp3) is 0.381. The van der Waals surface area contributed by atoms with Gasteiger partial charge in [-0.1, -0.05) is 42.0 Å². The number of carbonyl (C=O) groups excluding carboxylic acids is 1. The Balaban J connectivity index is 1.47. The smallest absolute Gasteiger partial charge is 0.303 e. The second-order valence-electron chi connectivity index (χ2n) is 6.72. The molecule has 5 nitrogen and oxygen atoms in total. The van der Waals surface area contributed by atoms with Crippen molar-refractivity contribution in [1.82, 2.24) is 4.90 Å². The van der Waals surface area contributed by atoms with E-state index < -0.39 is 5.91 Å². The summed E-state index contributed by atoms with van der Waals surface area (Å²) in [5.74, 6) is 0.292. The average Bonchev–Trinajstić information content (AvgIpc) is 3.13. The third kappa shape index (κ3) is 4.55. The molecule has 1 heterocycles. The molecule has 1 aliphatic heterocycles. The van der Waals surface area contributed by atoms with Crippen LogP contribution in [0.4, 0.5) is 0 Å². The molecule has 0 bridgehead atoms. The van der Waals surface area contributed by atoms with E-state index in [2.05, 4.69) is 48.5 Å². The zero-order valence-electron chi connectivity index (χ0n) is 15.1. The van der Waals surface area contributed by atoms with Crippen LogP contribution >= 0.6 is 0 Å². The van der Waals surface area contributed by atoms with Crippen LogP contribution < -0.4 is 4.74 Å². The summed E-state index contributed by atoms with van der Waals surface area (Å²) in [6, 6.07) is 16.2. The van der Waals surface area contributed by atoms with Crippen molar-refractivity contribution in [3.05, 3.63) is 59.0 Å². The summed E-state index contributed by atoms with van der Waals surface area (Å²) in [5, 5.41) is 2.57. The predicted molar refractivity (Wildman–Crippen MR) is 102 cm³/mol. The summed E-state index contributed by atoms with van der Waals surface area (Å²) in [6.45, 7) is 4.25. The molecule has 26 heavy (non-hydrogen) atoms. The molecular weight excluding hydrogens is 328 g/mol. The van der Waals surface area contributed by atoms with Crippen LogP contribution in [0.3, 0.4) is 0 Å². The fourth-order valence-electron chi connectivity index (χ4n) is 3.46. The number of ether oxygens (including phenoxy) is 1. The topological polar surface area (TPSA) is 59.0 Å². The van der Waals surface area contributed by atoms with Crippen molar-refractivity contribution in [2.24, 2.45) is 5.18 Å².